The zero-order chi connectivity index (χ0) is 17.6. The molecule has 6 heteroatoms. The highest BCUT2D eigenvalue weighted by molar-refractivity contribution is 6.37. The number of nitrogens with zero attached hydrogens (tertiary/aromatic N) is 2. The Morgan fingerprint density at radius 3 is 2.36 bits per heavy atom. The van der Waals surface area contributed by atoms with E-state index in [2.05, 4.69) is 4.98 Å². The fourth-order valence-electron chi connectivity index (χ4n) is 2.56. The van der Waals surface area contributed by atoms with Crippen molar-refractivity contribution in [3.05, 3.63) is 81.8 Å². The molecular weight excluding hydrogens is 379 g/mol. The summed E-state index contributed by atoms with van der Waals surface area (Å²) in [5, 5.41) is 1.75. The number of rotatable bonds is 7. The average Bonchev–Trinajstić information content (AvgIpc) is 3.10. The van der Waals surface area contributed by atoms with Crippen LogP contribution in [0.2, 0.25) is 15.1 Å². The van der Waals surface area contributed by atoms with Crippen molar-refractivity contribution in [2.45, 2.75) is 25.5 Å². The van der Waals surface area contributed by atoms with Crippen molar-refractivity contribution in [2.24, 2.45) is 0 Å². The molecule has 1 aromatic heterocycles. The zero-order valence-electron chi connectivity index (χ0n) is 13.4. The maximum atomic E-state index is 6.25. The molecule has 0 saturated carbocycles. The number of halogens is 3. The van der Waals surface area contributed by atoms with E-state index in [-0.39, 0.29) is 6.10 Å². The van der Waals surface area contributed by atoms with Crippen LogP contribution in [0.15, 0.2) is 61.2 Å². The quantitative estimate of drug-likeness (QED) is 0.496. The summed E-state index contributed by atoms with van der Waals surface area (Å²) in [6.45, 7) is 0.662. The Morgan fingerprint density at radius 1 is 1.00 bits per heavy atom. The topological polar surface area (TPSA) is 27.1 Å². The van der Waals surface area contributed by atoms with Gasteiger partial charge in [0.05, 0.1) is 22.9 Å². The minimum Gasteiger partial charge on any atom is -0.485 e. The van der Waals surface area contributed by atoms with Gasteiger partial charge in [-0.15, -0.1) is 0 Å². The molecule has 0 N–H and O–H groups in total. The van der Waals surface area contributed by atoms with E-state index in [0.717, 1.165) is 17.9 Å². The second kappa shape index (κ2) is 8.61. The van der Waals surface area contributed by atoms with Gasteiger partial charge in [-0.3, -0.25) is 0 Å². The van der Waals surface area contributed by atoms with E-state index < -0.39 is 0 Å². The van der Waals surface area contributed by atoms with Crippen LogP contribution in [0.5, 0.6) is 5.75 Å². The molecule has 2 aromatic carbocycles. The number of benzene rings is 2. The van der Waals surface area contributed by atoms with Gasteiger partial charge in [0.2, 0.25) is 0 Å². The second-order valence-corrected chi connectivity index (χ2v) is 6.97. The van der Waals surface area contributed by atoms with Crippen LogP contribution in [-0.4, -0.2) is 15.7 Å². The molecule has 3 aromatic rings. The Hall–Kier alpha value is -1.68. The predicted octanol–water partition coefficient (Wildman–Crippen LogP) is 5.92. The van der Waals surface area contributed by atoms with Crippen molar-refractivity contribution in [3.8, 4) is 5.75 Å². The SMILES string of the molecule is Clc1ccc(CCC(Cn2ccnc2)Oc2c(Cl)cccc2Cl)cc1. The highest BCUT2D eigenvalue weighted by Crippen LogP contribution is 2.33. The van der Waals surface area contributed by atoms with E-state index in [1.807, 2.05) is 35.0 Å². The summed E-state index contributed by atoms with van der Waals surface area (Å²) in [5.41, 5.74) is 1.20. The largest absolute Gasteiger partial charge is 0.485 e. The Bertz CT molecular complexity index is 784. The molecule has 1 heterocycles. The minimum atomic E-state index is -0.0951. The van der Waals surface area contributed by atoms with Gasteiger partial charge in [0.1, 0.15) is 6.10 Å². The summed E-state index contributed by atoms with van der Waals surface area (Å²) in [7, 11) is 0. The van der Waals surface area contributed by atoms with E-state index in [1.165, 1.54) is 5.56 Å². The highest BCUT2D eigenvalue weighted by Gasteiger charge is 2.16. The van der Waals surface area contributed by atoms with Gasteiger partial charge >= 0.3 is 0 Å². The van der Waals surface area contributed by atoms with Crippen molar-refractivity contribution < 1.29 is 4.74 Å². The number of ether oxygens (including phenoxy) is 1. The van der Waals surface area contributed by atoms with E-state index in [1.54, 1.807) is 30.7 Å². The van der Waals surface area contributed by atoms with Gasteiger partial charge in [-0.2, -0.15) is 0 Å². The molecule has 0 radical (unpaired) electrons. The molecule has 3 nitrogen and oxygen atoms in total. The summed E-state index contributed by atoms with van der Waals surface area (Å²) in [6, 6.07) is 13.2. The van der Waals surface area contributed by atoms with E-state index in [4.69, 9.17) is 39.5 Å². The van der Waals surface area contributed by atoms with Crippen molar-refractivity contribution in [2.75, 3.05) is 0 Å². The van der Waals surface area contributed by atoms with Gasteiger partial charge in [-0.1, -0.05) is 53.0 Å². The van der Waals surface area contributed by atoms with Crippen LogP contribution in [0.1, 0.15) is 12.0 Å². The monoisotopic (exact) mass is 394 g/mol. The number of imidazole rings is 1. The first-order valence-electron chi connectivity index (χ1n) is 7.92. The van der Waals surface area contributed by atoms with E-state index >= 15 is 0 Å². The lowest BCUT2D eigenvalue weighted by atomic mass is 10.1. The first-order chi connectivity index (χ1) is 12.1. The van der Waals surface area contributed by atoms with Crippen molar-refractivity contribution in [1.82, 2.24) is 9.55 Å². The minimum absolute atomic E-state index is 0.0951. The van der Waals surface area contributed by atoms with Crippen molar-refractivity contribution in [1.29, 1.82) is 0 Å². The zero-order valence-corrected chi connectivity index (χ0v) is 15.7. The summed E-state index contributed by atoms with van der Waals surface area (Å²) >= 11 is 18.4. The Labute approximate surface area is 162 Å². The van der Waals surface area contributed by atoms with Crippen LogP contribution >= 0.6 is 34.8 Å². The van der Waals surface area contributed by atoms with Gasteiger partial charge in [0, 0.05) is 17.4 Å². The molecule has 130 valence electrons. The third-order valence-electron chi connectivity index (χ3n) is 3.85. The van der Waals surface area contributed by atoms with Crippen LogP contribution in [0.25, 0.3) is 0 Å². The summed E-state index contributed by atoms with van der Waals surface area (Å²) in [4.78, 5) is 4.09. The lowest BCUT2D eigenvalue weighted by Crippen LogP contribution is -2.24. The normalized spacial score (nSPS) is 12.1. The molecule has 0 spiro atoms. The summed E-state index contributed by atoms with van der Waals surface area (Å²) in [5.74, 6) is 0.520. The fourth-order valence-corrected chi connectivity index (χ4v) is 3.17. The number of aryl methyl sites for hydroxylation is 1. The molecule has 0 bridgehead atoms. The Morgan fingerprint density at radius 2 is 1.72 bits per heavy atom. The third-order valence-corrected chi connectivity index (χ3v) is 4.69. The maximum Gasteiger partial charge on any atom is 0.156 e. The third kappa shape index (κ3) is 5.15. The fraction of sp³-hybridized carbons (Fsp3) is 0.211. The number of aromatic nitrogens is 2. The first-order valence-corrected chi connectivity index (χ1v) is 9.06. The molecular formula is C19H17Cl3N2O. The molecule has 0 aliphatic rings. The molecule has 25 heavy (non-hydrogen) atoms. The average molecular weight is 396 g/mol. The smallest absolute Gasteiger partial charge is 0.156 e. The molecule has 0 fully saturated rings. The number of hydrogen-bond acceptors (Lipinski definition) is 2. The van der Waals surface area contributed by atoms with Crippen LogP contribution in [-0.2, 0) is 13.0 Å². The molecule has 0 aliphatic heterocycles. The second-order valence-electron chi connectivity index (χ2n) is 5.72. The van der Waals surface area contributed by atoms with Crippen LogP contribution < -0.4 is 4.74 Å². The Kier molecular flexibility index (Phi) is 6.24. The standard InChI is InChI=1S/C19H17Cl3N2O/c20-15-7-4-14(5-8-15)6-9-16(12-24-11-10-23-13-24)25-19-17(21)2-1-3-18(19)22/h1-5,7-8,10-11,13,16H,6,9,12H2. The van der Waals surface area contributed by atoms with Crippen molar-refractivity contribution >= 4 is 34.8 Å². The maximum absolute atomic E-state index is 6.25. The highest BCUT2D eigenvalue weighted by atomic mass is 35.5. The van der Waals surface area contributed by atoms with Crippen LogP contribution in [0.4, 0.5) is 0 Å². The van der Waals surface area contributed by atoms with Gasteiger partial charge in [0.25, 0.3) is 0 Å². The molecule has 0 saturated heterocycles. The van der Waals surface area contributed by atoms with Gasteiger partial charge in [0.15, 0.2) is 5.75 Å². The molecule has 1 atom stereocenters. The number of para-hydroxylation sites is 1. The van der Waals surface area contributed by atoms with Gasteiger partial charge in [-0.25, -0.2) is 4.98 Å². The van der Waals surface area contributed by atoms with E-state index in [9.17, 15) is 0 Å². The van der Waals surface area contributed by atoms with Gasteiger partial charge in [-0.05, 0) is 42.7 Å². The van der Waals surface area contributed by atoms with Gasteiger partial charge < -0.3 is 9.30 Å². The number of hydrogen-bond donors (Lipinski definition) is 0. The van der Waals surface area contributed by atoms with E-state index in [0.29, 0.717) is 22.3 Å². The molecule has 0 amide bonds. The predicted molar refractivity (Wildman–Crippen MR) is 103 cm³/mol. The first kappa shape index (κ1) is 18.1. The molecule has 3 rings (SSSR count). The van der Waals surface area contributed by atoms with Crippen molar-refractivity contribution in [3.63, 3.8) is 0 Å². The van der Waals surface area contributed by atoms with Crippen LogP contribution in [0, 0.1) is 0 Å². The summed E-state index contributed by atoms with van der Waals surface area (Å²) < 4.78 is 8.14. The lowest BCUT2D eigenvalue weighted by Gasteiger charge is -2.21. The van der Waals surface area contributed by atoms with Crippen LogP contribution in [0.3, 0.4) is 0 Å². The molecule has 1 unspecified atom stereocenters. The lowest BCUT2D eigenvalue weighted by molar-refractivity contribution is 0.170. The Balaban J connectivity index is 1.73. The molecule has 0 aliphatic carbocycles. The summed E-state index contributed by atoms with van der Waals surface area (Å²) in [6.07, 6.45) is 7.00.